The molecule has 3 N–H and O–H groups in total. The fraction of sp³-hybridized carbons (Fsp3) is 0.429. The van der Waals surface area contributed by atoms with Crippen molar-refractivity contribution in [2.45, 2.75) is 51.2 Å². The molecular weight excluding hydrogens is 574 g/mol. The van der Waals surface area contributed by atoms with Crippen molar-refractivity contribution in [3.05, 3.63) is 59.0 Å². The second-order valence-corrected chi connectivity index (χ2v) is 9.78. The molecule has 0 bridgehead atoms. The number of anilines is 2. The van der Waals surface area contributed by atoms with Gasteiger partial charge in [-0.05, 0) is 51.4 Å². The van der Waals surface area contributed by atoms with Crippen molar-refractivity contribution < 1.29 is 23.1 Å². The molecule has 211 valence electrons. The molecule has 3 aromatic rings. The number of benzene rings is 1. The largest absolute Gasteiger partial charge is 0.483 e. The Morgan fingerprint density at radius 2 is 2.00 bits per heavy atom. The van der Waals surface area contributed by atoms with E-state index < -0.39 is 11.5 Å². The predicted octanol–water partition coefficient (Wildman–Crippen LogP) is 4.51. The summed E-state index contributed by atoms with van der Waals surface area (Å²) in [5.74, 6) is 7.26. The standard InChI is InChI=1S/C26H32FN5.CHF2Se.CH2O2/c1-5-20-15-18(2)8-9-23(20)28-11-6-7-21-16-25-26(29-12-14-32(25)19(21)3)30-24-10-13-31(4)17-22(24)27;2-1(3)4;2-1-3/h8-9,12,14-16,22,24,28H,5,10-11,13,17H2,1-4H3,(H,29,30);1H;1H,(H,2,3). The number of fused-ring (bicyclic) bond motifs is 1. The summed E-state index contributed by atoms with van der Waals surface area (Å²) < 4.78 is 37.2. The number of hydrogen-bond donors (Lipinski definition) is 3. The number of halogens is 3. The zero-order chi connectivity index (χ0) is 28.9. The van der Waals surface area contributed by atoms with Gasteiger partial charge in [0.1, 0.15) is 6.17 Å². The Morgan fingerprint density at radius 1 is 1.31 bits per heavy atom. The molecule has 11 heteroatoms. The van der Waals surface area contributed by atoms with Gasteiger partial charge in [0.2, 0.25) is 0 Å². The zero-order valence-electron chi connectivity index (χ0n) is 22.5. The first-order chi connectivity index (χ1) is 18.6. The Labute approximate surface area is 236 Å². The van der Waals surface area contributed by atoms with Crippen LogP contribution in [0.25, 0.3) is 5.52 Å². The Morgan fingerprint density at radius 3 is 2.64 bits per heavy atom. The topological polar surface area (TPSA) is 81.9 Å². The third-order valence-corrected chi connectivity index (χ3v) is 6.25. The summed E-state index contributed by atoms with van der Waals surface area (Å²) in [7, 11) is 1.96. The van der Waals surface area contributed by atoms with Crippen LogP contribution in [0.2, 0.25) is 0 Å². The number of nitrogens with zero attached hydrogens (tertiary/aromatic N) is 3. The second kappa shape index (κ2) is 16.0. The maximum atomic E-state index is 14.5. The van der Waals surface area contributed by atoms with Crippen LogP contribution in [-0.2, 0) is 11.2 Å². The van der Waals surface area contributed by atoms with Crippen molar-refractivity contribution in [3.8, 4) is 11.8 Å². The van der Waals surface area contributed by atoms with Crippen LogP contribution in [0.5, 0.6) is 0 Å². The minimum atomic E-state index is -2.29. The van der Waals surface area contributed by atoms with Gasteiger partial charge in [0.25, 0.3) is 6.47 Å². The number of nitrogens with one attached hydrogen (secondary N) is 2. The van der Waals surface area contributed by atoms with E-state index in [0.29, 0.717) is 18.9 Å². The minimum Gasteiger partial charge on any atom is -0.483 e. The van der Waals surface area contributed by atoms with Gasteiger partial charge >= 0.3 is 30.1 Å². The van der Waals surface area contributed by atoms with E-state index in [9.17, 15) is 13.2 Å². The Hall–Kier alpha value is -3.19. The van der Waals surface area contributed by atoms with E-state index in [1.165, 1.54) is 11.1 Å². The summed E-state index contributed by atoms with van der Waals surface area (Å²) >= 11 is 1.57. The van der Waals surface area contributed by atoms with Crippen molar-refractivity contribution in [3.63, 3.8) is 0 Å². The SMILES string of the molecule is CCc1cc(C)ccc1NCC#Cc1cc2c(NC3CCN(C)CC3F)nccn2c1C.FC(F)[Se].O=CO. The van der Waals surface area contributed by atoms with Crippen LogP contribution in [0, 0.1) is 25.7 Å². The van der Waals surface area contributed by atoms with Gasteiger partial charge in [-0.3, -0.25) is 4.79 Å². The molecule has 1 aromatic carbocycles. The number of alkyl halides is 3. The third kappa shape index (κ3) is 9.81. The van der Waals surface area contributed by atoms with Gasteiger partial charge in [-0.2, -0.15) is 0 Å². The molecular formula is C28H35F3N5O2Se. The van der Waals surface area contributed by atoms with E-state index in [1.54, 1.807) is 22.2 Å². The normalized spacial score (nSPS) is 16.7. The molecule has 1 saturated heterocycles. The van der Waals surface area contributed by atoms with E-state index in [1.807, 2.05) is 24.2 Å². The van der Waals surface area contributed by atoms with E-state index in [4.69, 9.17) is 9.90 Å². The molecule has 0 saturated carbocycles. The van der Waals surface area contributed by atoms with Crippen molar-refractivity contribution in [2.75, 3.05) is 37.3 Å². The number of carbonyl (C=O) groups is 1. The average molecular weight is 610 g/mol. The molecule has 2 unspecified atom stereocenters. The number of aryl methyl sites for hydroxylation is 3. The summed E-state index contributed by atoms with van der Waals surface area (Å²) in [6.45, 7) is 7.98. The summed E-state index contributed by atoms with van der Waals surface area (Å²) in [5.41, 5.74) is 6.66. The van der Waals surface area contributed by atoms with Gasteiger partial charge in [-0.15, -0.1) is 0 Å². The molecule has 7 nitrogen and oxygen atoms in total. The van der Waals surface area contributed by atoms with E-state index in [2.05, 4.69) is 70.8 Å². The molecule has 2 atom stereocenters. The van der Waals surface area contributed by atoms with Crippen molar-refractivity contribution >= 4 is 39.5 Å². The first kappa shape index (κ1) is 32.0. The fourth-order valence-electron chi connectivity index (χ4n) is 4.34. The number of rotatable bonds is 5. The number of likely N-dealkylation sites (tertiary alicyclic amines) is 1. The van der Waals surface area contributed by atoms with Gasteiger partial charge in [0.05, 0.1) is 18.1 Å². The molecule has 3 heterocycles. The average Bonchev–Trinajstić information content (AvgIpc) is 3.20. The quantitative estimate of drug-likeness (QED) is 0.225. The monoisotopic (exact) mass is 610 g/mol. The van der Waals surface area contributed by atoms with Crippen molar-refractivity contribution in [1.82, 2.24) is 14.3 Å². The molecule has 0 spiro atoms. The Bertz CT molecular complexity index is 1270. The van der Waals surface area contributed by atoms with Crippen molar-refractivity contribution in [1.29, 1.82) is 0 Å². The molecule has 39 heavy (non-hydrogen) atoms. The maximum absolute atomic E-state index is 14.5. The molecule has 2 aromatic heterocycles. The van der Waals surface area contributed by atoms with Gasteiger partial charge in [-0.1, -0.05) is 36.5 Å². The smallest absolute Gasteiger partial charge is 0.290 e. The first-order valence-corrected chi connectivity index (χ1v) is 13.5. The van der Waals surface area contributed by atoms with Gasteiger partial charge in [0.15, 0.2) is 5.82 Å². The van der Waals surface area contributed by atoms with E-state index in [-0.39, 0.29) is 12.5 Å². The van der Waals surface area contributed by atoms with Gasteiger partial charge in [0, 0.05) is 42.4 Å². The van der Waals surface area contributed by atoms with E-state index >= 15 is 0 Å². The van der Waals surface area contributed by atoms with Crippen LogP contribution in [0.3, 0.4) is 0 Å². The van der Waals surface area contributed by atoms with Gasteiger partial charge < -0.3 is 25.0 Å². The Balaban J connectivity index is 0.000000686. The fourth-order valence-corrected chi connectivity index (χ4v) is 4.34. The van der Waals surface area contributed by atoms with Crippen LogP contribution >= 0.6 is 0 Å². The molecule has 0 aliphatic carbocycles. The van der Waals surface area contributed by atoms with Crippen LogP contribution in [-0.4, -0.2) is 86.1 Å². The first-order valence-electron chi connectivity index (χ1n) is 12.5. The van der Waals surface area contributed by atoms with E-state index in [0.717, 1.165) is 41.8 Å². The van der Waals surface area contributed by atoms with Crippen molar-refractivity contribution in [2.24, 2.45) is 0 Å². The predicted molar refractivity (Wildman–Crippen MR) is 151 cm³/mol. The summed E-state index contributed by atoms with van der Waals surface area (Å²) in [4.78, 5) is 14.9. The molecule has 1 radical (unpaired) electrons. The molecule has 1 aliphatic heterocycles. The van der Waals surface area contributed by atoms with Crippen LogP contribution in [0.1, 0.15) is 35.7 Å². The van der Waals surface area contributed by atoms with Crippen LogP contribution in [0.4, 0.5) is 24.7 Å². The molecule has 1 aliphatic rings. The van der Waals surface area contributed by atoms with Crippen LogP contribution in [0.15, 0.2) is 36.7 Å². The summed E-state index contributed by atoms with van der Waals surface area (Å²) in [6.07, 6.45) is 4.53. The molecule has 0 amide bonds. The molecule has 1 fully saturated rings. The molecule has 4 rings (SSSR count). The van der Waals surface area contributed by atoms with Gasteiger partial charge in [-0.25, -0.2) is 9.37 Å². The third-order valence-electron chi connectivity index (χ3n) is 6.25. The number of piperidine rings is 1. The number of aromatic nitrogens is 2. The number of carboxylic acid groups (broad SMARTS) is 1. The zero-order valence-corrected chi connectivity index (χ0v) is 24.3. The minimum absolute atomic E-state index is 0.221. The second-order valence-electron chi connectivity index (χ2n) is 9.03. The maximum Gasteiger partial charge on any atom is 0.290 e. The van der Waals surface area contributed by atoms with Crippen LogP contribution < -0.4 is 10.6 Å². The summed E-state index contributed by atoms with van der Waals surface area (Å²) in [5, 5.41) is 11.4. The number of hydrogen-bond acceptors (Lipinski definition) is 5. The summed E-state index contributed by atoms with van der Waals surface area (Å²) in [6, 6.07) is 8.28. The Kier molecular flexibility index (Phi) is 13.2.